The molecule has 1 aliphatic rings. The maximum Gasteiger partial charge on any atom is 0.247 e. The fraction of sp³-hybridized carbons (Fsp3) is 0.438. The average Bonchev–Trinajstić information content (AvgIpc) is 2.46. The lowest BCUT2D eigenvalue weighted by Gasteiger charge is -2.35. The fourth-order valence-corrected chi connectivity index (χ4v) is 2.75. The van der Waals surface area contributed by atoms with Crippen LogP contribution in [0.1, 0.15) is 12.5 Å². The molecule has 0 aliphatic carbocycles. The van der Waals surface area contributed by atoms with E-state index in [0.717, 1.165) is 12.1 Å². The van der Waals surface area contributed by atoms with Crippen molar-refractivity contribution in [3.05, 3.63) is 41.4 Å². The second kappa shape index (κ2) is 7.63. The van der Waals surface area contributed by atoms with Gasteiger partial charge in [0, 0.05) is 19.6 Å². The van der Waals surface area contributed by atoms with Crippen LogP contribution in [0.25, 0.3) is 0 Å². The van der Waals surface area contributed by atoms with Crippen molar-refractivity contribution in [2.45, 2.75) is 25.7 Å². The van der Waals surface area contributed by atoms with Crippen LogP contribution in [0.5, 0.6) is 5.75 Å². The Bertz CT molecular complexity index is 550. The van der Waals surface area contributed by atoms with E-state index in [2.05, 4.69) is 11.5 Å². The Morgan fingerprint density at radius 2 is 2.36 bits per heavy atom. The molecular formula is C16H21ClN2O3. The summed E-state index contributed by atoms with van der Waals surface area (Å²) in [6, 6.07) is 5.68. The zero-order valence-corrected chi connectivity index (χ0v) is 13.4. The molecule has 0 aromatic heterocycles. The molecule has 6 heteroatoms. The molecular weight excluding hydrogens is 304 g/mol. The monoisotopic (exact) mass is 324 g/mol. The SMILES string of the molecule is C=CCOc1ccc(CN2C[C@@H](C)O[C@H](C(N)=O)C2)cc1Cl. The van der Waals surface area contributed by atoms with Gasteiger partial charge in [0.05, 0.1) is 11.1 Å². The second-order valence-corrected chi connectivity index (χ2v) is 5.80. The molecule has 1 aromatic carbocycles. The molecule has 0 bridgehead atoms. The average molecular weight is 325 g/mol. The van der Waals surface area contributed by atoms with E-state index in [-0.39, 0.29) is 6.10 Å². The Morgan fingerprint density at radius 1 is 1.59 bits per heavy atom. The first-order valence-electron chi connectivity index (χ1n) is 7.19. The molecule has 0 radical (unpaired) electrons. The van der Waals surface area contributed by atoms with Crippen LogP contribution in [-0.2, 0) is 16.1 Å². The Balaban J connectivity index is 2.02. The highest BCUT2D eigenvalue weighted by Gasteiger charge is 2.28. The van der Waals surface area contributed by atoms with Crippen molar-refractivity contribution in [2.24, 2.45) is 5.73 Å². The molecule has 5 nitrogen and oxygen atoms in total. The summed E-state index contributed by atoms with van der Waals surface area (Å²) in [5, 5.41) is 0.562. The summed E-state index contributed by atoms with van der Waals surface area (Å²) in [7, 11) is 0. The van der Waals surface area contributed by atoms with Crippen molar-refractivity contribution < 1.29 is 14.3 Å². The predicted molar refractivity (Wildman–Crippen MR) is 86.0 cm³/mol. The van der Waals surface area contributed by atoms with Crippen molar-refractivity contribution in [3.8, 4) is 5.75 Å². The highest BCUT2D eigenvalue weighted by molar-refractivity contribution is 6.32. The lowest BCUT2D eigenvalue weighted by atomic mass is 10.1. The maximum atomic E-state index is 11.3. The van der Waals surface area contributed by atoms with Gasteiger partial charge < -0.3 is 15.2 Å². The van der Waals surface area contributed by atoms with E-state index in [9.17, 15) is 4.79 Å². The molecule has 2 atom stereocenters. The summed E-state index contributed by atoms with van der Waals surface area (Å²) in [4.78, 5) is 13.5. The minimum atomic E-state index is -0.561. The number of hydrogen-bond donors (Lipinski definition) is 1. The van der Waals surface area contributed by atoms with Crippen LogP contribution in [0.4, 0.5) is 0 Å². The van der Waals surface area contributed by atoms with Crippen molar-refractivity contribution in [1.29, 1.82) is 0 Å². The van der Waals surface area contributed by atoms with E-state index in [1.807, 2.05) is 25.1 Å². The summed E-state index contributed by atoms with van der Waals surface area (Å²) >= 11 is 6.21. The first kappa shape index (κ1) is 16.8. The third kappa shape index (κ3) is 4.47. The van der Waals surface area contributed by atoms with E-state index >= 15 is 0 Å². The third-order valence-corrected chi connectivity index (χ3v) is 3.71. The summed E-state index contributed by atoms with van der Waals surface area (Å²) in [5.41, 5.74) is 6.39. The highest BCUT2D eigenvalue weighted by atomic mass is 35.5. The van der Waals surface area contributed by atoms with Gasteiger partial charge in [-0.3, -0.25) is 9.69 Å². The predicted octanol–water partition coefficient (Wildman–Crippen LogP) is 1.98. The van der Waals surface area contributed by atoms with Gasteiger partial charge in [-0.2, -0.15) is 0 Å². The molecule has 1 aliphatic heterocycles. The molecule has 1 amide bonds. The van der Waals surface area contributed by atoms with Crippen LogP contribution in [0.15, 0.2) is 30.9 Å². The molecule has 120 valence electrons. The van der Waals surface area contributed by atoms with E-state index in [4.69, 9.17) is 26.8 Å². The Labute approximate surface area is 135 Å². The van der Waals surface area contributed by atoms with Gasteiger partial charge in [-0.15, -0.1) is 0 Å². The largest absolute Gasteiger partial charge is 0.488 e. The first-order chi connectivity index (χ1) is 10.5. The number of nitrogens with zero attached hydrogens (tertiary/aromatic N) is 1. The van der Waals surface area contributed by atoms with Crippen LogP contribution < -0.4 is 10.5 Å². The number of ether oxygens (including phenoxy) is 2. The normalized spacial score (nSPS) is 22.3. The molecule has 1 heterocycles. The molecule has 2 N–H and O–H groups in total. The van der Waals surface area contributed by atoms with Gasteiger partial charge >= 0.3 is 0 Å². The van der Waals surface area contributed by atoms with Gasteiger partial charge in [-0.25, -0.2) is 0 Å². The van der Waals surface area contributed by atoms with Gasteiger partial charge in [0.2, 0.25) is 5.91 Å². The standard InChI is InChI=1S/C16H21ClN2O3/c1-3-6-21-14-5-4-12(7-13(14)17)9-19-8-11(2)22-15(10-19)16(18)20/h3-5,7,11,15H,1,6,8-10H2,2H3,(H2,18,20)/t11-,15+/m1/s1. The van der Waals surface area contributed by atoms with E-state index in [0.29, 0.717) is 30.5 Å². The van der Waals surface area contributed by atoms with Crippen LogP contribution in [0.3, 0.4) is 0 Å². The van der Waals surface area contributed by atoms with Gasteiger partial charge in [0.25, 0.3) is 0 Å². The van der Waals surface area contributed by atoms with Gasteiger partial charge in [0.1, 0.15) is 18.5 Å². The summed E-state index contributed by atoms with van der Waals surface area (Å²) in [6.07, 6.45) is 1.08. The second-order valence-electron chi connectivity index (χ2n) is 5.40. The van der Waals surface area contributed by atoms with Gasteiger partial charge in [0.15, 0.2) is 0 Å². The topological polar surface area (TPSA) is 64.8 Å². The van der Waals surface area contributed by atoms with Crippen molar-refractivity contribution in [1.82, 2.24) is 4.90 Å². The molecule has 1 fully saturated rings. The number of benzene rings is 1. The first-order valence-corrected chi connectivity index (χ1v) is 7.56. The van der Waals surface area contributed by atoms with Gasteiger partial charge in [-0.05, 0) is 24.6 Å². The molecule has 0 saturated carbocycles. The van der Waals surface area contributed by atoms with Crippen molar-refractivity contribution in [3.63, 3.8) is 0 Å². The minimum absolute atomic E-state index is 0.0306. The molecule has 22 heavy (non-hydrogen) atoms. The molecule has 1 aromatic rings. The van der Waals surface area contributed by atoms with Crippen LogP contribution in [0, 0.1) is 0 Å². The summed E-state index contributed by atoms with van der Waals surface area (Å²) in [6.45, 7) is 7.87. The Kier molecular flexibility index (Phi) is 5.83. The van der Waals surface area contributed by atoms with E-state index in [1.54, 1.807) is 6.08 Å². The van der Waals surface area contributed by atoms with Crippen LogP contribution in [0.2, 0.25) is 5.02 Å². The van der Waals surface area contributed by atoms with Crippen LogP contribution >= 0.6 is 11.6 Å². The lowest BCUT2D eigenvalue weighted by molar-refractivity contribution is -0.142. The third-order valence-electron chi connectivity index (χ3n) is 3.41. The molecule has 2 rings (SSSR count). The number of amides is 1. The highest BCUT2D eigenvalue weighted by Crippen LogP contribution is 2.26. The van der Waals surface area contributed by atoms with Gasteiger partial charge in [-0.1, -0.05) is 30.3 Å². The number of morpholine rings is 1. The number of halogens is 1. The zero-order chi connectivity index (χ0) is 16.1. The Morgan fingerprint density at radius 3 is 3.00 bits per heavy atom. The zero-order valence-electron chi connectivity index (χ0n) is 12.6. The Hall–Kier alpha value is -1.56. The minimum Gasteiger partial charge on any atom is -0.488 e. The number of carbonyl (C=O) groups is 1. The maximum absolute atomic E-state index is 11.3. The number of rotatable bonds is 6. The molecule has 0 unspecified atom stereocenters. The summed E-state index contributed by atoms with van der Waals surface area (Å²) in [5.74, 6) is 0.207. The number of primary amides is 1. The van der Waals surface area contributed by atoms with E-state index in [1.165, 1.54) is 0 Å². The van der Waals surface area contributed by atoms with Crippen LogP contribution in [-0.4, -0.2) is 42.7 Å². The van der Waals surface area contributed by atoms with E-state index < -0.39 is 12.0 Å². The van der Waals surface area contributed by atoms with Crippen molar-refractivity contribution >= 4 is 17.5 Å². The smallest absolute Gasteiger partial charge is 0.247 e. The number of hydrogen-bond acceptors (Lipinski definition) is 4. The molecule has 1 saturated heterocycles. The molecule has 0 spiro atoms. The number of nitrogens with two attached hydrogens (primary N) is 1. The fourth-order valence-electron chi connectivity index (χ4n) is 2.49. The number of carbonyl (C=O) groups excluding carboxylic acids is 1. The summed E-state index contributed by atoms with van der Waals surface area (Å²) < 4.78 is 11.0. The lowest BCUT2D eigenvalue weighted by Crippen LogP contribution is -2.51. The van der Waals surface area contributed by atoms with Crippen molar-refractivity contribution in [2.75, 3.05) is 19.7 Å². The quantitative estimate of drug-likeness (QED) is 0.813.